The third-order valence-corrected chi connectivity index (χ3v) is 5.43. The maximum absolute atomic E-state index is 12.7. The van der Waals surface area contributed by atoms with E-state index in [1.165, 1.54) is 12.1 Å². The number of benzene rings is 1. The van der Waals surface area contributed by atoms with Crippen LogP contribution in [0.5, 0.6) is 0 Å². The van der Waals surface area contributed by atoms with Gasteiger partial charge in [-0.25, -0.2) is 0 Å². The molecule has 1 aromatic carbocycles. The highest BCUT2D eigenvalue weighted by Crippen LogP contribution is 2.40. The van der Waals surface area contributed by atoms with Crippen LogP contribution in [0.15, 0.2) is 24.3 Å². The Labute approximate surface area is 140 Å². The van der Waals surface area contributed by atoms with Gasteiger partial charge in [0.1, 0.15) is 0 Å². The van der Waals surface area contributed by atoms with Gasteiger partial charge in [0.15, 0.2) is 0 Å². The van der Waals surface area contributed by atoms with Crippen LogP contribution in [-0.4, -0.2) is 37.2 Å². The lowest BCUT2D eigenvalue weighted by Crippen LogP contribution is -2.52. The summed E-state index contributed by atoms with van der Waals surface area (Å²) in [6.07, 6.45) is -1.78. The topological polar surface area (TPSA) is 36.3 Å². The molecule has 6 heteroatoms. The van der Waals surface area contributed by atoms with E-state index < -0.39 is 11.7 Å². The van der Waals surface area contributed by atoms with Gasteiger partial charge in [-0.2, -0.15) is 18.4 Å². The van der Waals surface area contributed by atoms with Crippen LogP contribution in [0.4, 0.5) is 13.2 Å². The Kier molecular flexibility index (Phi) is 4.84. The second-order valence-electron chi connectivity index (χ2n) is 6.79. The Morgan fingerprint density at radius 1 is 1.12 bits per heavy atom. The van der Waals surface area contributed by atoms with Crippen LogP contribution >= 0.6 is 0 Å². The Morgan fingerprint density at radius 2 is 1.79 bits per heavy atom. The molecule has 1 aliphatic heterocycles. The van der Waals surface area contributed by atoms with E-state index >= 15 is 0 Å². The third-order valence-electron chi connectivity index (χ3n) is 5.43. The number of hydrogen-bond donors (Lipinski definition) is 0. The minimum absolute atomic E-state index is 0.0135. The van der Waals surface area contributed by atoms with Crippen molar-refractivity contribution in [2.75, 3.05) is 20.3 Å². The van der Waals surface area contributed by atoms with E-state index in [2.05, 4.69) is 18.0 Å². The molecule has 0 aromatic heterocycles. The number of halogens is 3. The minimum Gasteiger partial charge on any atom is -0.378 e. The van der Waals surface area contributed by atoms with Crippen molar-refractivity contribution in [2.24, 2.45) is 5.92 Å². The van der Waals surface area contributed by atoms with E-state index in [0.29, 0.717) is 12.1 Å². The van der Waals surface area contributed by atoms with Crippen LogP contribution in [0.1, 0.15) is 36.3 Å². The minimum atomic E-state index is -4.32. The van der Waals surface area contributed by atoms with Gasteiger partial charge >= 0.3 is 6.18 Å². The molecular weight excluding hydrogens is 317 g/mol. The zero-order valence-electron chi connectivity index (χ0n) is 13.6. The predicted molar refractivity (Wildman–Crippen MR) is 83.3 cm³/mol. The van der Waals surface area contributed by atoms with E-state index in [1.54, 1.807) is 0 Å². The third kappa shape index (κ3) is 3.42. The average molecular weight is 338 g/mol. The molecule has 1 heterocycles. The van der Waals surface area contributed by atoms with Crippen LogP contribution in [0.25, 0.3) is 0 Å². The lowest BCUT2D eigenvalue weighted by molar-refractivity contribution is -0.137. The van der Waals surface area contributed by atoms with Crippen molar-refractivity contribution in [1.82, 2.24) is 4.90 Å². The lowest BCUT2D eigenvalue weighted by Gasteiger charge is -2.43. The van der Waals surface area contributed by atoms with Gasteiger partial charge in [0.2, 0.25) is 0 Å². The highest BCUT2D eigenvalue weighted by atomic mass is 19.4. The van der Waals surface area contributed by atoms with E-state index in [4.69, 9.17) is 4.74 Å². The van der Waals surface area contributed by atoms with Gasteiger partial charge in [-0.05, 0) is 49.9 Å². The molecule has 0 spiro atoms. The molecule has 3 atom stereocenters. The quantitative estimate of drug-likeness (QED) is 0.841. The number of ether oxygens (including phenoxy) is 1. The molecule has 1 aromatic rings. The second kappa shape index (κ2) is 6.73. The van der Waals surface area contributed by atoms with Crippen molar-refractivity contribution >= 4 is 0 Å². The summed E-state index contributed by atoms with van der Waals surface area (Å²) < 4.78 is 43.3. The zero-order chi connectivity index (χ0) is 17.3. The van der Waals surface area contributed by atoms with Crippen molar-refractivity contribution in [3.63, 3.8) is 0 Å². The Hall–Kier alpha value is -1.58. The molecule has 0 amide bonds. The van der Waals surface area contributed by atoms with E-state index in [1.807, 2.05) is 0 Å². The number of rotatable bonds is 3. The standard InChI is InChI=1S/C18H21F3N2O/c1-23(16-10-24-11-16)15-6-7-17(13(8-15)9-22)12-2-4-14(5-3-12)18(19,20)21/h2-5,13,15-17H,6-8,10-11H2,1H3. The maximum Gasteiger partial charge on any atom is 0.416 e. The number of nitrogens with zero attached hydrogens (tertiary/aromatic N) is 2. The molecule has 3 nitrogen and oxygen atoms in total. The van der Waals surface area contributed by atoms with E-state index in [9.17, 15) is 18.4 Å². The molecule has 1 saturated carbocycles. The van der Waals surface area contributed by atoms with Crippen LogP contribution < -0.4 is 0 Å². The summed E-state index contributed by atoms with van der Waals surface area (Å²) in [6, 6.07) is 8.44. The van der Waals surface area contributed by atoms with E-state index in [0.717, 1.165) is 50.2 Å². The molecule has 0 bridgehead atoms. The highest BCUT2D eigenvalue weighted by molar-refractivity contribution is 5.29. The number of likely N-dealkylation sites (N-methyl/N-ethyl adjacent to an activating group) is 1. The van der Waals surface area contributed by atoms with Gasteiger partial charge in [-0.3, -0.25) is 4.90 Å². The first kappa shape index (κ1) is 17.2. The first-order valence-electron chi connectivity index (χ1n) is 8.26. The number of nitriles is 1. The monoisotopic (exact) mass is 338 g/mol. The Morgan fingerprint density at radius 3 is 2.29 bits per heavy atom. The Bertz CT molecular complexity index is 604. The smallest absolute Gasteiger partial charge is 0.378 e. The molecule has 3 unspecified atom stereocenters. The van der Waals surface area contributed by atoms with Crippen molar-refractivity contribution < 1.29 is 17.9 Å². The van der Waals surface area contributed by atoms with Crippen LogP contribution in [-0.2, 0) is 10.9 Å². The number of alkyl halides is 3. The van der Waals surface area contributed by atoms with Gasteiger partial charge in [-0.15, -0.1) is 0 Å². The van der Waals surface area contributed by atoms with Gasteiger partial charge in [0.05, 0.1) is 36.8 Å². The summed E-state index contributed by atoms with van der Waals surface area (Å²) in [5.74, 6) is -0.150. The lowest BCUT2D eigenvalue weighted by atomic mass is 9.73. The Balaban J connectivity index is 1.69. The molecule has 2 fully saturated rings. The average Bonchev–Trinajstić information content (AvgIpc) is 2.52. The molecule has 24 heavy (non-hydrogen) atoms. The van der Waals surface area contributed by atoms with Crippen LogP contribution in [0, 0.1) is 17.2 Å². The van der Waals surface area contributed by atoms with Crippen molar-refractivity contribution in [2.45, 2.75) is 43.4 Å². The maximum atomic E-state index is 12.7. The molecule has 3 rings (SSSR count). The molecule has 1 saturated heterocycles. The summed E-state index contributed by atoms with van der Waals surface area (Å²) in [5, 5.41) is 9.54. The fourth-order valence-corrected chi connectivity index (χ4v) is 3.74. The SMILES string of the molecule is CN(C1COC1)C1CCC(c2ccc(C(F)(F)F)cc2)C(C#N)C1. The molecule has 0 N–H and O–H groups in total. The molecular formula is C18H21F3N2O. The largest absolute Gasteiger partial charge is 0.416 e. The van der Waals surface area contributed by atoms with Gasteiger partial charge in [-0.1, -0.05) is 12.1 Å². The second-order valence-corrected chi connectivity index (χ2v) is 6.79. The summed E-state index contributed by atoms with van der Waals surface area (Å²) in [6.45, 7) is 1.49. The highest BCUT2D eigenvalue weighted by Gasteiger charge is 2.37. The summed E-state index contributed by atoms with van der Waals surface area (Å²) in [7, 11) is 2.07. The molecule has 0 radical (unpaired) electrons. The van der Waals surface area contributed by atoms with Crippen LogP contribution in [0.2, 0.25) is 0 Å². The normalized spacial score (nSPS) is 28.4. The van der Waals surface area contributed by atoms with Crippen molar-refractivity contribution in [3.05, 3.63) is 35.4 Å². The summed E-state index contributed by atoms with van der Waals surface area (Å²) in [5.41, 5.74) is 0.195. The van der Waals surface area contributed by atoms with E-state index in [-0.39, 0.29) is 11.8 Å². The molecule has 130 valence electrons. The number of hydrogen-bond acceptors (Lipinski definition) is 3. The zero-order valence-corrected chi connectivity index (χ0v) is 13.6. The predicted octanol–water partition coefficient (Wildman–Crippen LogP) is 3.81. The van der Waals surface area contributed by atoms with Crippen LogP contribution in [0.3, 0.4) is 0 Å². The molecule has 1 aliphatic carbocycles. The molecule has 2 aliphatic rings. The fraction of sp³-hybridized carbons (Fsp3) is 0.611. The van der Waals surface area contributed by atoms with Crippen molar-refractivity contribution in [1.29, 1.82) is 5.26 Å². The van der Waals surface area contributed by atoms with Gasteiger partial charge in [0, 0.05) is 6.04 Å². The first-order chi connectivity index (χ1) is 11.4. The van der Waals surface area contributed by atoms with Gasteiger partial charge in [0.25, 0.3) is 0 Å². The first-order valence-corrected chi connectivity index (χ1v) is 8.26. The van der Waals surface area contributed by atoms with Crippen molar-refractivity contribution in [3.8, 4) is 6.07 Å². The fourth-order valence-electron chi connectivity index (χ4n) is 3.74. The van der Waals surface area contributed by atoms with Gasteiger partial charge < -0.3 is 4.74 Å². The summed E-state index contributed by atoms with van der Waals surface area (Å²) in [4.78, 5) is 2.30. The summed E-state index contributed by atoms with van der Waals surface area (Å²) >= 11 is 0.